The summed E-state index contributed by atoms with van der Waals surface area (Å²) in [6, 6.07) is 13.6. The number of nitrogens with one attached hydrogen (secondary N) is 1. The Morgan fingerprint density at radius 1 is 1.09 bits per heavy atom. The summed E-state index contributed by atoms with van der Waals surface area (Å²) in [6.07, 6.45) is 1.43. The van der Waals surface area contributed by atoms with Crippen molar-refractivity contribution in [3.63, 3.8) is 0 Å². The first-order valence-electron chi connectivity index (χ1n) is 7.46. The van der Waals surface area contributed by atoms with Gasteiger partial charge in [0.1, 0.15) is 0 Å². The van der Waals surface area contributed by atoms with Gasteiger partial charge in [-0.15, -0.1) is 0 Å². The van der Waals surface area contributed by atoms with Crippen LogP contribution >= 0.6 is 0 Å². The van der Waals surface area contributed by atoms with Gasteiger partial charge in [-0.05, 0) is 55.3 Å². The molecule has 1 fully saturated rings. The summed E-state index contributed by atoms with van der Waals surface area (Å²) in [6.45, 7) is 2.56. The van der Waals surface area contributed by atoms with Crippen LogP contribution in [-0.4, -0.2) is 20.9 Å². The summed E-state index contributed by atoms with van der Waals surface area (Å²) in [5, 5.41) is 0. The van der Waals surface area contributed by atoms with Gasteiger partial charge in [-0.3, -0.25) is 9.52 Å². The molecule has 120 valence electrons. The molecule has 1 amide bonds. The molecule has 0 atom stereocenters. The molecule has 2 aromatic carbocycles. The standard InChI is InChI=1S/C17H18N2O3S/c1-13-4-2-5-16(12-13)23(21,22)18-14-7-9-15(10-8-14)19-11-3-6-17(19)20/h2,4-5,7-10,12,18H,3,6,11H2,1H3. The minimum absolute atomic E-state index is 0.109. The average Bonchev–Trinajstić information content (AvgIpc) is 2.94. The molecule has 1 saturated heterocycles. The van der Waals surface area contributed by atoms with Crippen LogP contribution in [0.25, 0.3) is 0 Å². The Balaban J connectivity index is 1.79. The molecule has 1 N–H and O–H groups in total. The highest BCUT2D eigenvalue weighted by molar-refractivity contribution is 7.92. The van der Waals surface area contributed by atoms with Gasteiger partial charge in [0.2, 0.25) is 5.91 Å². The van der Waals surface area contributed by atoms with Crippen LogP contribution in [0.4, 0.5) is 11.4 Å². The molecule has 6 heteroatoms. The molecule has 0 aromatic heterocycles. The largest absolute Gasteiger partial charge is 0.312 e. The lowest BCUT2D eigenvalue weighted by molar-refractivity contribution is -0.117. The average molecular weight is 330 g/mol. The summed E-state index contributed by atoms with van der Waals surface area (Å²) in [5.41, 5.74) is 2.16. The van der Waals surface area contributed by atoms with Crippen molar-refractivity contribution in [1.29, 1.82) is 0 Å². The van der Waals surface area contributed by atoms with E-state index in [2.05, 4.69) is 4.72 Å². The lowest BCUT2D eigenvalue weighted by atomic mass is 10.2. The second kappa shape index (κ2) is 6.04. The number of aryl methyl sites for hydroxylation is 1. The molecule has 0 aliphatic carbocycles. The van der Waals surface area contributed by atoms with Crippen molar-refractivity contribution in [2.24, 2.45) is 0 Å². The number of carbonyl (C=O) groups is 1. The Labute approximate surface area is 136 Å². The van der Waals surface area contributed by atoms with E-state index in [9.17, 15) is 13.2 Å². The van der Waals surface area contributed by atoms with Crippen molar-refractivity contribution in [3.05, 3.63) is 54.1 Å². The molecule has 2 aromatic rings. The molecule has 0 radical (unpaired) electrons. The van der Waals surface area contributed by atoms with Gasteiger partial charge < -0.3 is 4.90 Å². The fourth-order valence-electron chi connectivity index (χ4n) is 2.63. The zero-order valence-electron chi connectivity index (χ0n) is 12.8. The van der Waals surface area contributed by atoms with E-state index in [1.165, 1.54) is 0 Å². The van der Waals surface area contributed by atoms with E-state index in [1.54, 1.807) is 47.4 Å². The maximum absolute atomic E-state index is 12.4. The van der Waals surface area contributed by atoms with Crippen LogP contribution in [0.2, 0.25) is 0 Å². The monoisotopic (exact) mass is 330 g/mol. The van der Waals surface area contributed by atoms with E-state index in [4.69, 9.17) is 0 Å². The minimum atomic E-state index is -3.61. The molecule has 3 rings (SSSR count). The molecule has 1 aliphatic heterocycles. The van der Waals surface area contributed by atoms with Crippen molar-refractivity contribution >= 4 is 27.3 Å². The van der Waals surface area contributed by atoms with Crippen LogP contribution in [0.3, 0.4) is 0 Å². The number of sulfonamides is 1. The fraction of sp³-hybridized carbons (Fsp3) is 0.235. The Hall–Kier alpha value is -2.34. The second-order valence-electron chi connectivity index (χ2n) is 5.62. The quantitative estimate of drug-likeness (QED) is 0.937. The molecular formula is C17H18N2O3S. The summed E-state index contributed by atoms with van der Waals surface area (Å²) < 4.78 is 27.3. The van der Waals surface area contributed by atoms with Crippen LogP contribution < -0.4 is 9.62 Å². The number of anilines is 2. The number of benzene rings is 2. The van der Waals surface area contributed by atoms with Crippen molar-refractivity contribution in [1.82, 2.24) is 0 Å². The number of nitrogens with zero attached hydrogens (tertiary/aromatic N) is 1. The first kappa shape index (κ1) is 15.6. The molecule has 0 unspecified atom stereocenters. The predicted molar refractivity (Wildman–Crippen MR) is 90.0 cm³/mol. The highest BCUT2D eigenvalue weighted by atomic mass is 32.2. The van der Waals surface area contributed by atoms with Gasteiger partial charge in [0.15, 0.2) is 0 Å². The van der Waals surface area contributed by atoms with E-state index >= 15 is 0 Å². The van der Waals surface area contributed by atoms with Crippen LogP contribution in [-0.2, 0) is 14.8 Å². The Morgan fingerprint density at radius 3 is 2.43 bits per heavy atom. The first-order valence-corrected chi connectivity index (χ1v) is 8.94. The normalized spacial score (nSPS) is 15.0. The Kier molecular flexibility index (Phi) is 4.09. The topological polar surface area (TPSA) is 66.5 Å². The lowest BCUT2D eigenvalue weighted by Gasteiger charge is -2.16. The van der Waals surface area contributed by atoms with Gasteiger partial charge in [0.05, 0.1) is 4.90 Å². The zero-order chi connectivity index (χ0) is 16.4. The van der Waals surface area contributed by atoms with E-state index in [0.29, 0.717) is 18.7 Å². The second-order valence-corrected chi connectivity index (χ2v) is 7.30. The minimum Gasteiger partial charge on any atom is -0.312 e. The maximum Gasteiger partial charge on any atom is 0.261 e. The van der Waals surface area contributed by atoms with E-state index in [-0.39, 0.29) is 10.8 Å². The van der Waals surface area contributed by atoms with Crippen LogP contribution in [0.1, 0.15) is 18.4 Å². The Morgan fingerprint density at radius 2 is 1.83 bits per heavy atom. The molecule has 23 heavy (non-hydrogen) atoms. The molecule has 0 bridgehead atoms. The van der Waals surface area contributed by atoms with Gasteiger partial charge >= 0.3 is 0 Å². The molecular weight excluding hydrogens is 312 g/mol. The highest BCUT2D eigenvalue weighted by Gasteiger charge is 2.21. The smallest absolute Gasteiger partial charge is 0.261 e. The third-order valence-corrected chi connectivity index (χ3v) is 5.18. The maximum atomic E-state index is 12.4. The molecule has 1 aliphatic rings. The van der Waals surface area contributed by atoms with Gasteiger partial charge in [-0.2, -0.15) is 0 Å². The zero-order valence-corrected chi connectivity index (χ0v) is 13.6. The SMILES string of the molecule is Cc1cccc(S(=O)(=O)Nc2ccc(N3CCCC3=O)cc2)c1. The first-order chi connectivity index (χ1) is 11.0. The van der Waals surface area contributed by atoms with Gasteiger partial charge in [-0.25, -0.2) is 8.42 Å². The van der Waals surface area contributed by atoms with Crippen molar-refractivity contribution in [2.75, 3.05) is 16.2 Å². The van der Waals surface area contributed by atoms with E-state index in [0.717, 1.165) is 17.7 Å². The third kappa shape index (κ3) is 3.37. The fourth-order valence-corrected chi connectivity index (χ4v) is 3.79. The third-order valence-electron chi connectivity index (χ3n) is 3.80. The summed E-state index contributed by atoms with van der Waals surface area (Å²) in [7, 11) is -3.61. The van der Waals surface area contributed by atoms with Crippen LogP contribution in [0.15, 0.2) is 53.4 Å². The summed E-state index contributed by atoms with van der Waals surface area (Å²) >= 11 is 0. The Bertz CT molecular complexity index is 829. The summed E-state index contributed by atoms with van der Waals surface area (Å²) in [5.74, 6) is 0.109. The molecule has 1 heterocycles. The predicted octanol–water partition coefficient (Wildman–Crippen LogP) is 2.92. The molecule has 0 spiro atoms. The van der Waals surface area contributed by atoms with Gasteiger partial charge in [0.25, 0.3) is 10.0 Å². The van der Waals surface area contributed by atoms with Crippen molar-refractivity contribution < 1.29 is 13.2 Å². The number of carbonyl (C=O) groups excluding carboxylic acids is 1. The van der Waals surface area contributed by atoms with Crippen molar-refractivity contribution in [3.8, 4) is 0 Å². The molecule has 0 saturated carbocycles. The van der Waals surface area contributed by atoms with Crippen LogP contribution in [0.5, 0.6) is 0 Å². The van der Waals surface area contributed by atoms with E-state index < -0.39 is 10.0 Å². The number of hydrogen-bond donors (Lipinski definition) is 1. The summed E-state index contributed by atoms with van der Waals surface area (Å²) in [4.78, 5) is 13.7. The number of rotatable bonds is 4. The van der Waals surface area contributed by atoms with Crippen LogP contribution in [0, 0.1) is 6.92 Å². The lowest BCUT2D eigenvalue weighted by Crippen LogP contribution is -2.23. The molecule has 5 nitrogen and oxygen atoms in total. The van der Waals surface area contributed by atoms with Gasteiger partial charge in [0, 0.05) is 24.3 Å². The van der Waals surface area contributed by atoms with E-state index in [1.807, 2.05) is 13.0 Å². The number of amides is 1. The van der Waals surface area contributed by atoms with Gasteiger partial charge in [-0.1, -0.05) is 12.1 Å². The number of hydrogen-bond acceptors (Lipinski definition) is 3. The van der Waals surface area contributed by atoms with Crippen molar-refractivity contribution in [2.45, 2.75) is 24.7 Å². The highest BCUT2D eigenvalue weighted by Crippen LogP contribution is 2.24.